The molecule has 6 nitrogen and oxygen atoms in total. The second kappa shape index (κ2) is 9.55. The Hall–Kier alpha value is -3.25. The van der Waals surface area contributed by atoms with E-state index in [9.17, 15) is 14.2 Å². The fraction of sp³-hybridized carbons (Fsp3) is 0.269. The molecule has 2 heterocycles. The zero-order chi connectivity index (χ0) is 24.5. The Balaban J connectivity index is 1.83. The molecule has 4 aromatic rings. The minimum absolute atomic E-state index is 0.0923. The highest BCUT2D eigenvalue weighted by Gasteiger charge is 2.32. The SMILES string of the molecule is Cc1ccc2c(-c3ccccc3[C@H](Cc3nc(C#N)ccc3F)N[S@@+]([O-])C(C)(C)C)noc2c1. The molecule has 174 valence electrons. The van der Waals surface area contributed by atoms with Crippen LogP contribution in [0.4, 0.5) is 4.39 Å². The molecule has 2 aromatic carbocycles. The van der Waals surface area contributed by atoms with E-state index in [1.54, 1.807) is 0 Å². The highest BCUT2D eigenvalue weighted by molar-refractivity contribution is 7.90. The Morgan fingerprint density at radius 3 is 2.68 bits per heavy atom. The molecule has 0 aliphatic heterocycles. The van der Waals surface area contributed by atoms with Crippen molar-refractivity contribution < 1.29 is 13.5 Å². The molecule has 0 saturated heterocycles. The second-order valence-corrected chi connectivity index (χ2v) is 11.1. The summed E-state index contributed by atoms with van der Waals surface area (Å²) in [6, 6.07) is 17.4. The largest absolute Gasteiger partial charge is 0.598 e. The van der Waals surface area contributed by atoms with Crippen LogP contribution in [0.3, 0.4) is 0 Å². The maximum atomic E-state index is 14.7. The number of nitrogens with zero attached hydrogens (tertiary/aromatic N) is 3. The third kappa shape index (κ3) is 4.97. The lowest BCUT2D eigenvalue weighted by Crippen LogP contribution is -2.42. The van der Waals surface area contributed by atoms with Crippen molar-refractivity contribution in [3.05, 3.63) is 82.9 Å². The first kappa shape index (κ1) is 23.9. The van der Waals surface area contributed by atoms with Crippen molar-refractivity contribution in [2.24, 2.45) is 0 Å². The first-order chi connectivity index (χ1) is 16.2. The van der Waals surface area contributed by atoms with Crippen molar-refractivity contribution in [1.29, 1.82) is 5.26 Å². The zero-order valence-electron chi connectivity index (χ0n) is 19.4. The average molecular weight is 477 g/mol. The Bertz CT molecular complexity index is 1370. The van der Waals surface area contributed by atoms with E-state index < -0.39 is 28.0 Å². The standard InChI is InChI=1S/C26H25FN4O2S/c1-16-9-11-20-24(13-16)33-30-25(20)19-8-6-5-7-18(19)22(31-34(32)26(2,3)4)14-23-21(27)12-10-17(15-28)29-23/h5-13,22,31H,14H2,1-4H3/t22-,34-/m0/s1. The minimum Gasteiger partial charge on any atom is -0.598 e. The van der Waals surface area contributed by atoms with E-state index in [4.69, 9.17) is 4.52 Å². The molecule has 34 heavy (non-hydrogen) atoms. The van der Waals surface area contributed by atoms with Crippen LogP contribution in [0.2, 0.25) is 0 Å². The van der Waals surface area contributed by atoms with Gasteiger partial charge in [0.2, 0.25) is 0 Å². The van der Waals surface area contributed by atoms with Crippen molar-refractivity contribution in [3.63, 3.8) is 0 Å². The number of nitriles is 1. The summed E-state index contributed by atoms with van der Waals surface area (Å²) < 4.78 is 36.0. The van der Waals surface area contributed by atoms with Gasteiger partial charge in [0.25, 0.3) is 0 Å². The first-order valence-electron chi connectivity index (χ1n) is 10.9. The number of pyridine rings is 1. The molecular weight excluding hydrogens is 451 g/mol. The molecule has 0 radical (unpaired) electrons. The van der Waals surface area contributed by atoms with Gasteiger partial charge in [-0.15, -0.1) is 4.72 Å². The molecule has 0 bridgehead atoms. The van der Waals surface area contributed by atoms with Crippen molar-refractivity contribution >= 4 is 22.3 Å². The van der Waals surface area contributed by atoms with Crippen LogP contribution in [0.25, 0.3) is 22.2 Å². The Kier molecular flexibility index (Phi) is 6.71. The maximum absolute atomic E-state index is 14.7. The number of halogens is 1. The summed E-state index contributed by atoms with van der Waals surface area (Å²) in [5.74, 6) is -0.521. The molecule has 1 N–H and O–H groups in total. The number of aryl methyl sites for hydroxylation is 1. The summed E-state index contributed by atoms with van der Waals surface area (Å²) in [6.45, 7) is 7.57. The predicted octanol–water partition coefficient (Wildman–Crippen LogP) is 5.54. The summed E-state index contributed by atoms with van der Waals surface area (Å²) in [7, 11) is 0. The third-order valence-corrected chi connectivity index (χ3v) is 7.07. The summed E-state index contributed by atoms with van der Waals surface area (Å²) in [4.78, 5) is 4.17. The van der Waals surface area contributed by atoms with E-state index in [2.05, 4.69) is 14.9 Å². The molecule has 8 heteroatoms. The molecule has 0 amide bonds. The molecule has 0 aliphatic rings. The lowest BCUT2D eigenvalue weighted by Gasteiger charge is -2.29. The van der Waals surface area contributed by atoms with Crippen LogP contribution in [-0.4, -0.2) is 19.4 Å². The number of hydrogen-bond donors (Lipinski definition) is 1. The van der Waals surface area contributed by atoms with Gasteiger partial charge in [0.1, 0.15) is 28.0 Å². The molecule has 0 fully saturated rings. The van der Waals surface area contributed by atoms with E-state index in [-0.39, 0.29) is 17.8 Å². The van der Waals surface area contributed by atoms with E-state index >= 15 is 0 Å². The average Bonchev–Trinajstić information content (AvgIpc) is 3.22. The summed E-state index contributed by atoms with van der Waals surface area (Å²) in [5, 5.41) is 14.4. The van der Waals surface area contributed by atoms with Crippen LogP contribution < -0.4 is 4.72 Å². The van der Waals surface area contributed by atoms with Crippen LogP contribution >= 0.6 is 0 Å². The second-order valence-electron chi connectivity index (χ2n) is 9.11. The smallest absolute Gasteiger partial charge is 0.167 e. The molecule has 0 aliphatic carbocycles. The van der Waals surface area contributed by atoms with Gasteiger partial charge in [-0.25, -0.2) is 9.37 Å². The highest BCUT2D eigenvalue weighted by atomic mass is 32.2. The minimum atomic E-state index is -1.45. The summed E-state index contributed by atoms with van der Waals surface area (Å²) >= 11 is -1.45. The Labute approximate surface area is 201 Å². The number of nitrogens with one attached hydrogen (secondary N) is 1. The monoisotopic (exact) mass is 476 g/mol. The lowest BCUT2D eigenvalue weighted by molar-refractivity contribution is 0.459. The Morgan fingerprint density at radius 1 is 1.18 bits per heavy atom. The molecule has 0 unspecified atom stereocenters. The van der Waals surface area contributed by atoms with Crippen molar-refractivity contribution in [2.45, 2.75) is 44.9 Å². The number of fused-ring (bicyclic) bond motifs is 1. The maximum Gasteiger partial charge on any atom is 0.167 e. The first-order valence-corrected chi connectivity index (χ1v) is 12.0. The zero-order valence-corrected chi connectivity index (χ0v) is 20.2. The Morgan fingerprint density at radius 2 is 1.94 bits per heavy atom. The topological polar surface area (TPSA) is 97.8 Å². The molecule has 2 aromatic heterocycles. The van der Waals surface area contributed by atoms with Crippen LogP contribution in [0, 0.1) is 24.1 Å². The van der Waals surface area contributed by atoms with Gasteiger partial charge < -0.3 is 9.08 Å². The normalized spacial score (nSPS) is 13.6. The fourth-order valence-corrected chi connectivity index (χ4v) is 4.48. The van der Waals surface area contributed by atoms with Crippen LogP contribution in [0.5, 0.6) is 0 Å². The van der Waals surface area contributed by atoms with Gasteiger partial charge in [0.15, 0.2) is 5.58 Å². The summed E-state index contributed by atoms with van der Waals surface area (Å²) in [5.41, 5.74) is 4.18. The molecule has 2 atom stereocenters. The van der Waals surface area contributed by atoms with E-state index in [0.29, 0.717) is 11.3 Å². The quantitative estimate of drug-likeness (QED) is 0.367. The van der Waals surface area contributed by atoms with Crippen molar-refractivity contribution in [2.75, 3.05) is 0 Å². The third-order valence-electron chi connectivity index (χ3n) is 5.45. The van der Waals surface area contributed by atoms with Crippen molar-refractivity contribution in [1.82, 2.24) is 14.9 Å². The van der Waals surface area contributed by atoms with Gasteiger partial charge >= 0.3 is 0 Å². The van der Waals surface area contributed by atoms with Crippen LogP contribution in [0.1, 0.15) is 49.3 Å². The lowest BCUT2D eigenvalue weighted by atomic mass is 9.94. The molecule has 0 spiro atoms. The number of hydrogen-bond acceptors (Lipinski definition) is 6. The number of aromatic nitrogens is 2. The molecule has 0 saturated carbocycles. The van der Waals surface area contributed by atoms with Gasteiger partial charge in [-0.2, -0.15) is 5.26 Å². The van der Waals surface area contributed by atoms with Crippen molar-refractivity contribution in [3.8, 4) is 17.3 Å². The number of rotatable bonds is 6. The van der Waals surface area contributed by atoms with E-state index in [1.807, 2.05) is 76.2 Å². The van der Waals surface area contributed by atoms with Gasteiger partial charge in [-0.05, 0) is 63.1 Å². The van der Waals surface area contributed by atoms with Gasteiger partial charge in [-0.1, -0.05) is 35.5 Å². The summed E-state index contributed by atoms with van der Waals surface area (Å²) in [6.07, 6.45) is 0.0923. The molecular formula is C26H25FN4O2S. The fourth-order valence-electron chi connectivity index (χ4n) is 3.66. The van der Waals surface area contributed by atoms with E-state index in [0.717, 1.165) is 22.1 Å². The van der Waals surface area contributed by atoms with Gasteiger partial charge in [0, 0.05) is 28.7 Å². The van der Waals surface area contributed by atoms with Gasteiger partial charge in [-0.3, -0.25) is 0 Å². The molecule has 4 rings (SSSR count). The van der Waals surface area contributed by atoms with Crippen LogP contribution in [-0.2, 0) is 17.8 Å². The predicted molar refractivity (Wildman–Crippen MR) is 131 cm³/mol. The van der Waals surface area contributed by atoms with Gasteiger partial charge in [0.05, 0.1) is 11.7 Å². The number of benzene rings is 2. The van der Waals surface area contributed by atoms with Crippen LogP contribution in [0.15, 0.2) is 59.1 Å². The highest BCUT2D eigenvalue weighted by Crippen LogP contribution is 2.35. The van der Waals surface area contributed by atoms with E-state index in [1.165, 1.54) is 12.1 Å².